The van der Waals surface area contributed by atoms with Gasteiger partial charge in [-0.3, -0.25) is 0 Å². The van der Waals surface area contributed by atoms with Crippen molar-refractivity contribution in [1.29, 1.82) is 0 Å². The number of carbonyl (C=O) groups excluding carboxylic acids is 1. The molecule has 3 rings (SSSR count). The molecule has 5 nitrogen and oxygen atoms in total. The number of para-hydroxylation sites is 1. The summed E-state index contributed by atoms with van der Waals surface area (Å²) >= 11 is 0. The fourth-order valence-corrected chi connectivity index (χ4v) is 3.44. The molecule has 0 aliphatic carbocycles. The molecule has 0 saturated carbocycles. The first-order valence-electron chi connectivity index (χ1n) is 9.30. The molecule has 5 heteroatoms. The lowest BCUT2D eigenvalue weighted by Gasteiger charge is -2.42. The van der Waals surface area contributed by atoms with E-state index in [-0.39, 0.29) is 6.09 Å². The van der Waals surface area contributed by atoms with E-state index in [0.717, 1.165) is 45.7 Å². The molecule has 0 N–H and O–H groups in total. The second-order valence-corrected chi connectivity index (χ2v) is 8.09. The number of ether oxygens (including phenoxy) is 2. The average molecular weight is 346 g/mol. The number of amides is 1. The number of piperidine rings is 1. The molecule has 2 heterocycles. The predicted octanol–water partition coefficient (Wildman–Crippen LogP) is 3.54. The number of nitrogens with zero attached hydrogens (tertiary/aromatic N) is 2. The molecule has 25 heavy (non-hydrogen) atoms. The third kappa shape index (κ3) is 4.88. The van der Waals surface area contributed by atoms with E-state index in [2.05, 4.69) is 35.2 Å². The quantitative estimate of drug-likeness (QED) is 0.836. The van der Waals surface area contributed by atoms with Crippen LogP contribution in [0.5, 0.6) is 0 Å². The third-order valence-corrected chi connectivity index (χ3v) is 4.81. The lowest BCUT2D eigenvalue weighted by molar-refractivity contribution is -0.0289. The van der Waals surface area contributed by atoms with E-state index in [0.29, 0.717) is 12.0 Å². The SMILES string of the molecule is CC(C)(C)OC(=O)N1CCC(N(CC2COC2)c2ccccc2)CC1. The Morgan fingerprint density at radius 1 is 1.20 bits per heavy atom. The minimum absolute atomic E-state index is 0.190. The molecule has 2 fully saturated rings. The molecule has 0 atom stereocenters. The highest BCUT2D eigenvalue weighted by Crippen LogP contribution is 2.27. The summed E-state index contributed by atoms with van der Waals surface area (Å²) in [5.74, 6) is 0.615. The third-order valence-electron chi connectivity index (χ3n) is 4.81. The van der Waals surface area contributed by atoms with Crippen molar-refractivity contribution in [2.24, 2.45) is 5.92 Å². The van der Waals surface area contributed by atoms with Crippen molar-refractivity contribution < 1.29 is 14.3 Å². The molecular weight excluding hydrogens is 316 g/mol. The number of hydrogen-bond acceptors (Lipinski definition) is 4. The number of rotatable bonds is 4. The van der Waals surface area contributed by atoms with Crippen molar-refractivity contribution in [3.63, 3.8) is 0 Å². The molecule has 1 aromatic rings. The minimum atomic E-state index is -0.436. The summed E-state index contributed by atoms with van der Waals surface area (Å²) in [5.41, 5.74) is 0.832. The second-order valence-electron chi connectivity index (χ2n) is 8.09. The van der Waals surface area contributed by atoms with Crippen LogP contribution in [0.3, 0.4) is 0 Å². The van der Waals surface area contributed by atoms with Crippen LogP contribution in [-0.2, 0) is 9.47 Å². The standard InChI is InChI=1S/C20H30N2O3/c1-20(2,3)25-19(23)21-11-9-18(10-12-21)22(13-16-14-24-15-16)17-7-5-4-6-8-17/h4-8,16,18H,9-15H2,1-3H3. The Labute approximate surface area is 150 Å². The van der Waals surface area contributed by atoms with Crippen LogP contribution >= 0.6 is 0 Å². The summed E-state index contributed by atoms with van der Waals surface area (Å²) in [6, 6.07) is 11.1. The van der Waals surface area contributed by atoms with E-state index < -0.39 is 5.60 Å². The smallest absolute Gasteiger partial charge is 0.410 e. The Bertz CT molecular complexity index is 558. The van der Waals surface area contributed by atoms with Gasteiger partial charge in [0, 0.05) is 37.3 Å². The van der Waals surface area contributed by atoms with Gasteiger partial charge in [0.1, 0.15) is 5.60 Å². The molecule has 2 saturated heterocycles. The first-order valence-corrected chi connectivity index (χ1v) is 9.30. The van der Waals surface area contributed by atoms with E-state index >= 15 is 0 Å². The van der Waals surface area contributed by atoms with Crippen molar-refractivity contribution in [1.82, 2.24) is 4.90 Å². The summed E-state index contributed by atoms with van der Waals surface area (Å²) in [6.07, 6.45) is 1.76. The van der Waals surface area contributed by atoms with Gasteiger partial charge in [-0.15, -0.1) is 0 Å². The fourth-order valence-electron chi connectivity index (χ4n) is 3.44. The Kier molecular flexibility index (Phi) is 5.52. The van der Waals surface area contributed by atoms with Crippen molar-refractivity contribution in [2.45, 2.75) is 45.3 Å². The van der Waals surface area contributed by atoms with Gasteiger partial charge in [0.15, 0.2) is 0 Å². The topological polar surface area (TPSA) is 42.0 Å². The zero-order valence-electron chi connectivity index (χ0n) is 15.6. The highest BCUT2D eigenvalue weighted by molar-refractivity contribution is 5.68. The van der Waals surface area contributed by atoms with Crippen LogP contribution in [0, 0.1) is 5.92 Å². The van der Waals surface area contributed by atoms with E-state index in [1.807, 2.05) is 25.7 Å². The molecule has 1 aromatic carbocycles. The van der Waals surface area contributed by atoms with Gasteiger partial charge in [0.2, 0.25) is 0 Å². The highest BCUT2D eigenvalue weighted by atomic mass is 16.6. The van der Waals surface area contributed by atoms with Gasteiger partial charge in [-0.05, 0) is 45.7 Å². The van der Waals surface area contributed by atoms with Gasteiger partial charge in [0.05, 0.1) is 13.2 Å². The molecule has 2 aliphatic rings. The average Bonchev–Trinajstić information content (AvgIpc) is 2.53. The second kappa shape index (κ2) is 7.65. The van der Waals surface area contributed by atoms with Gasteiger partial charge in [-0.25, -0.2) is 4.79 Å². The zero-order valence-corrected chi connectivity index (χ0v) is 15.6. The lowest BCUT2D eigenvalue weighted by atomic mass is 9.99. The summed E-state index contributed by atoms with van der Waals surface area (Å²) in [4.78, 5) is 16.6. The summed E-state index contributed by atoms with van der Waals surface area (Å²) in [7, 11) is 0. The highest BCUT2D eigenvalue weighted by Gasteiger charge is 2.31. The lowest BCUT2D eigenvalue weighted by Crippen LogP contribution is -2.50. The number of hydrogen-bond donors (Lipinski definition) is 0. The summed E-state index contributed by atoms with van der Waals surface area (Å²) in [5, 5.41) is 0. The molecule has 2 aliphatic heterocycles. The maximum atomic E-state index is 12.3. The van der Waals surface area contributed by atoms with Crippen LogP contribution in [0.25, 0.3) is 0 Å². The number of benzene rings is 1. The number of carbonyl (C=O) groups is 1. The van der Waals surface area contributed by atoms with Crippen LogP contribution in [0.15, 0.2) is 30.3 Å². The molecular formula is C20H30N2O3. The van der Waals surface area contributed by atoms with Crippen LogP contribution in [0.2, 0.25) is 0 Å². The predicted molar refractivity (Wildman–Crippen MR) is 98.9 cm³/mol. The van der Waals surface area contributed by atoms with Gasteiger partial charge in [-0.2, -0.15) is 0 Å². The van der Waals surface area contributed by atoms with Gasteiger partial charge < -0.3 is 19.3 Å². The normalized spacial score (nSPS) is 19.4. The van der Waals surface area contributed by atoms with Crippen LogP contribution in [0.1, 0.15) is 33.6 Å². The molecule has 0 spiro atoms. The van der Waals surface area contributed by atoms with E-state index in [1.54, 1.807) is 0 Å². The van der Waals surface area contributed by atoms with E-state index in [1.165, 1.54) is 5.69 Å². The monoisotopic (exact) mass is 346 g/mol. The van der Waals surface area contributed by atoms with Crippen LogP contribution in [-0.4, -0.2) is 55.5 Å². The van der Waals surface area contributed by atoms with Gasteiger partial charge >= 0.3 is 6.09 Å². The molecule has 138 valence electrons. The Balaban J connectivity index is 1.61. The Morgan fingerprint density at radius 2 is 1.84 bits per heavy atom. The van der Waals surface area contributed by atoms with E-state index in [9.17, 15) is 4.79 Å². The Morgan fingerprint density at radius 3 is 2.36 bits per heavy atom. The van der Waals surface area contributed by atoms with Crippen LogP contribution in [0.4, 0.5) is 10.5 Å². The molecule has 0 aromatic heterocycles. The summed E-state index contributed by atoms with van der Waals surface area (Å²) in [6.45, 7) is 10.00. The molecule has 1 amide bonds. The number of anilines is 1. The van der Waals surface area contributed by atoms with Crippen molar-refractivity contribution >= 4 is 11.8 Å². The first kappa shape index (κ1) is 18.1. The molecule has 0 radical (unpaired) electrons. The zero-order chi connectivity index (χ0) is 17.9. The van der Waals surface area contributed by atoms with Crippen molar-refractivity contribution in [3.05, 3.63) is 30.3 Å². The van der Waals surface area contributed by atoms with Crippen molar-refractivity contribution in [2.75, 3.05) is 37.7 Å². The van der Waals surface area contributed by atoms with E-state index in [4.69, 9.17) is 9.47 Å². The first-order chi connectivity index (χ1) is 11.9. The van der Waals surface area contributed by atoms with Gasteiger partial charge in [-0.1, -0.05) is 18.2 Å². The Hall–Kier alpha value is -1.75. The summed E-state index contributed by atoms with van der Waals surface area (Å²) < 4.78 is 10.9. The van der Waals surface area contributed by atoms with Crippen molar-refractivity contribution in [3.8, 4) is 0 Å². The molecule has 0 bridgehead atoms. The minimum Gasteiger partial charge on any atom is -0.444 e. The largest absolute Gasteiger partial charge is 0.444 e. The maximum absolute atomic E-state index is 12.3. The molecule has 0 unspecified atom stereocenters. The maximum Gasteiger partial charge on any atom is 0.410 e. The fraction of sp³-hybridized carbons (Fsp3) is 0.650. The van der Waals surface area contributed by atoms with Gasteiger partial charge in [0.25, 0.3) is 0 Å². The van der Waals surface area contributed by atoms with Crippen LogP contribution < -0.4 is 4.90 Å². The number of likely N-dealkylation sites (tertiary alicyclic amines) is 1.